The Morgan fingerprint density at radius 3 is 2.32 bits per heavy atom. The summed E-state index contributed by atoms with van der Waals surface area (Å²) in [6.07, 6.45) is 1.54. The lowest BCUT2D eigenvalue weighted by atomic mass is 10.1. The summed E-state index contributed by atoms with van der Waals surface area (Å²) in [5.41, 5.74) is 0.812. The lowest BCUT2D eigenvalue weighted by Gasteiger charge is -2.02. The molecule has 7 nitrogen and oxygen atoms in total. The Balaban J connectivity index is 1.90. The summed E-state index contributed by atoms with van der Waals surface area (Å²) in [5, 5.41) is 10.7. The van der Waals surface area contributed by atoms with Gasteiger partial charge in [-0.3, -0.25) is 19.7 Å². The topological polar surface area (TPSA) is 95.3 Å². The number of furan rings is 1. The van der Waals surface area contributed by atoms with Gasteiger partial charge < -0.3 is 8.98 Å². The molecular weight excluding hydrogens is 392 g/mol. The van der Waals surface area contributed by atoms with Gasteiger partial charge in [0.15, 0.2) is 10.4 Å². The maximum atomic E-state index is 12.6. The summed E-state index contributed by atoms with van der Waals surface area (Å²) in [4.78, 5) is 35.1. The van der Waals surface area contributed by atoms with E-state index in [1.165, 1.54) is 47.2 Å². The molecule has 0 saturated heterocycles. The SMILES string of the molecule is Cn1cc(C(=O)c2ccc(Br)o2)cc1C(=O)c1ccc([N+](=O)[O-])cc1. The van der Waals surface area contributed by atoms with E-state index in [0.717, 1.165) is 0 Å². The van der Waals surface area contributed by atoms with Gasteiger partial charge in [-0.15, -0.1) is 0 Å². The third-order valence-corrected chi connectivity index (χ3v) is 4.06. The molecule has 0 radical (unpaired) electrons. The Morgan fingerprint density at radius 2 is 1.76 bits per heavy atom. The van der Waals surface area contributed by atoms with Gasteiger partial charge in [0.25, 0.3) is 5.69 Å². The van der Waals surface area contributed by atoms with Crippen LogP contribution in [0.25, 0.3) is 0 Å². The van der Waals surface area contributed by atoms with E-state index < -0.39 is 4.92 Å². The summed E-state index contributed by atoms with van der Waals surface area (Å²) in [6, 6.07) is 9.93. The Kier molecular flexibility index (Phi) is 4.37. The van der Waals surface area contributed by atoms with E-state index in [9.17, 15) is 19.7 Å². The van der Waals surface area contributed by atoms with Gasteiger partial charge in [0.2, 0.25) is 11.6 Å². The molecule has 3 aromatic rings. The number of carbonyl (C=O) groups is 2. The van der Waals surface area contributed by atoms with Gasteiger partial charge in [-0.25, -0.2) is 0 Å². The van der Waals surface area contributed by atoms with Gasteiger partial charge in [-0.1, -0.05) is 0 Å². The highest BCUT2D eigenvalue weighted by Gasteiger charge is 2.20. The minimum absolute atomic E-state index is 0.0947. The third-order valence-electron chi connectivity index (χ3n) is 3.64. The number of nitro benzene ring substituents is 1. The molecule has 0 fully saturated rings. The summed E-state index contributed by atoms with van der Waals surface area (Å²) in [7, 11) is 1.65. The third kappa shape index (κ3) is 3.29. The van der Waals surface area contributed by atoms with Gasteiger partial charge in [0.1, 0.15) is 0 Å². The molecule has 126 valence electrons. The first-order valence-electron chi connectivity index (χ1n) is 7.12. The zero-order valence-corrected chi connectivity index (χ0v) is 14.5. The molecule has 0 unspecified atom stereocenters. The van der Waals surface area contributed by atoms with Crippen molar-refractivity contribution < 1.29 is 18.9 Å². The number of aryl methyl sites for hydroxylation is 1. The zero-order chi connectivity index (χ0) is 18.1. The van der Waals surface area contributed by atoms with Crippen molar-refractivity contribution in [1.29, 1.82) is 0 Å². The number of hydrogen-bond donors (Lipinski definition) is 0. The highest BCUT2D eigenvalue weighted by molar-refractivity contribution is 9.10. The fourth-order valence-electron chi connectivity index (χ4n) is 2.38. The van der Waals surface area contributed by atoms with E-state index in [1.807, 2.05) is 0 Å². The van der Waals surface area contributed by atoms with Crippen molar-refractivity contribution in [2.75, 3.05) is 0 Å². The van der Waals surface area contributed by atoms with Crippen molar-refractivity contribution in [3.8, 4) is 0 Å². The minimum atomic E-state index is -0.533. The van der Waals surface area contributed by atoms with E-state index in [4.69, 9.17) is 4.42 Å². The number of benzene rings is 1. The Bertz CT molecular complexity index is 985. The molecule has 0 aliphatic rings. The van der Waals surface area contributed by atoms with Gasteiger partial charge >= 0.3 is 0 Å². The average molecular weight is 403 g/mol. The molecule has 0 amide bonds. The van der Waals surface area contributed by atoms with Crippen molar-refractivity contribution >= 4 is 33.2 Å². The van der Waals surface area contributed by atoms with Gasteiger partial charge in [0.05, 0.1) is 10.6 Å². The molecule has 1 aromatic carbocycles. The molecule has 25 heavy (non-hydrogen) atoms. The number of nitro groups is 1. The molecule has 0 bridgehead atoms. The molecule has 2 heterocycles. The molecule has 0 N–H and O–H groups in total. The molecular formula is C17H11BrN2O5. The fraction of sp³-hybridized carbons (Fsp3) is 0.0588. The number of carbonyl (C=O) groups excluding carboxylic acids is 2. The molecule has 8 heteroatoms. The van der Waals surface area contributed by atoms with Crippen LogP contribution in [0.1, 0.15) is 32.2 Å². The molecule has 0 aliphatic carbocycles. The van der Waals surface area contributed by atoms with Gasteiger partial charge in [-0.2, -0.15) is 0 Å². The average Bonchev–Trinajstić information content (AvgIpc) is 3.19. The normalized spacial score (nSPS) is 10.6. The summed E-state index contributed by atoms with van der Waals surface area (Å²) >= 11 is 3.14. The van der Waals surface area contributed by atoms with Crippen LogP contribution in [0.5, 0.6) is 0 Å². The minimum Gasteiger partial charge on any atom is -0.446 e. The maximum Gasteiger partial charge on any atom is 0.269 e. The molecule has 3 rings (SSSR count). The highest BCUT2D eigenvalue weighted by Crippen LogP contribution is 2.21. The second-order valence-electron chi connectivity index (χ2n) is 5.29. The largest absolute Gasteiger partial charge is 0.446 e. The lowest BCUT2D eigenvalue weighted by Crippen LogP contribution is -2.06. The first kappa shape index (κ1) is 16.8. The van der Waals surface area contributed by atoms with Crippen LogP contribution >= 0.6 is 15.9 Å². The quantitative estimate of drug-likeness (QED) is 0.367. The fourth-order valence-corrected chi connectivity index (χ4v) is 2.68. The monoisotopic (exact) mass is 402 g/mol. The Hall–Kier alpha value is -3.00. The van der Waals surface area contributed by atoms with Crippen LogP contribution in [0.15, 0.2) is 57.7 Å². The van der Waals surface area contributed by atoms with Crippen LogP contribution in [0, 0.1) is 10.1 Å². The predicted octanol–water partition coefficient (Wildman–Crippen LogP) is 3.75. The second-order valence-corrected chi connectivity index (χ2v) is 6.07. The standard InChI is InChI=1S/C17H11BrN2O5/c1-19-9-11(17(22)14-6-7-15(18)25-14)8-13(19)16(21)10-2-4-12(5-3-10)20(23)24/h2-9H,1H3. The first-order valence-corrected chi connectivity index (χ1v) is 7.91. The Morgan fingerprint density at radius 1 is 1.08 bits per heavy atom. The van der Waals surface area contributed by atoms with Crippen LogP contribution in [0.2, 0.25) is 0 Å². The molecule has 0 aliphatic heterocycles. The number of rotatable bonds is 5. The Labute approximate surface area is 150 Å². The van der Waals surface area contributed by atoms with Crippen molar-refractivity contribution in [2.24, 2.45) is 7.05 Å². The summed E-state index contributed by atoms with van der Waals surface area (Å²) < 4.78 is 7.21. The maximum absolute atomic E-state index is 12.6. The molecule has 0 spiro atoms. The number of nitrogens with zero attached hydrogens (tertiary/aromatic N) is 2. The zero-order valence-electron chi connectivity index (χ0n) is 12.9. The van der Waals surface area contributed by atoms with Crippen molar-refractivity contribution in [3.63, 3.8) is 0 Å². The van der Waals surface area contributed by atoms with E-state index >= 15 is 0 Å². The number of aromatic nitrogens is 1. The molecule has 0 saturated carbocycles. The summed E-state index contributed by atoms with van der Waals surface area (Å²) in [5.74, 6) is -0.520. The van der Waals surface area contributed by atoms with Crippen LogP contribution < -0.4 is 0 Å². The van der Waals surface area contributed by atoms with Crippen LogP contribution in [0.3, 0.4) is 0 Å². The highest BCUT2D eigenvalue weighted by atomic mass is 79.9. The summed E-state index contributed by atoms with van der Waals surface area (Å²) in [6.45, 7) is 0. The van der Waals surface area contributed by atoms with Crippen molar-refractivity contribution in [2.45, 2.75) is 0 Å². The van der Waals surface area contributed by atoms with Crippen LogP contribution in [-0.2, 0) is 7.05 Å². The van der Waals surface area contributed by atoms with E-state index in [0.29, 0.717) is 21.5 Å². The second kappa shape index (κ2) is 6.48. The number of hydrogen-bond acceptors (Lipinski definition) is 5. The number of halogens is 1. The van der Waals surface area contributed by atoms with Gasteiger partial charge in [0, 0.05) is 36.5 Å². The van der Waals surface area contributed by atoms with Crippen LogP contribution in [-0.4, -0.2) is 21.1 Å². The van der Waals surface area contributed by atoms with Crippen LogP contribution in [0.4, 0.5) is 5.69 Å². The van der Waals surface area contributed by atoms with E-state index in [2.05, 4.69) is 15.9 Å². The smallest absolute Gasteiger partial charge is 0.269 e. The predicted molar refractivity (Wildman–Crippen MR) is 91.8 cm³/mol. The van der Waals surface area contributed by atoms with Gasteiger partial charge in [-0.05, 0) is 46.3 Å². The lowest BCUT2D eigenvalue weighted by molar-refractivity contribution is -0.384. The molecule has 2 aromatic heterocycles. The van der Waals surface area contributed by atoms with Crippen molar-refractivity contribution in [1.82, 2.24) is 4.57 Å². The molecule has 0 atom stereocenters. The van der Waals surface area contributed by atoms with Crippen molar-refractivity contribution in [3.05, 3.63) is 86.0 Å². The van der Waals surface area contributed by atoms with E-state index in [1.54, 1.807) is 13.1 Å². The van der Waals surface area contributed by atoms with E-state index in [-0.39, 0.29) is 23.0 Å². The number of non-ortho nitro benzene ring substituents is 1. The first-order chi connectivity index (χ1) is 11.9. The number of ketones is 2.